The van der Waals surface area contributed by atoms with E-state index in [-0.39, 0.29) is 5.75 Å². The first-order chi connectivity index (χ1) is 8.20. The Morgan fingerprint density at radius 2 is 1.41 bits per heavy atom. The first kappa shape index (κ1) is 14.0. The van der Waals surface area contributed by atoms with Crippen LogP contribution in [0.15, 0.2) is 24.3 Å². The van der Waals surface area contributed by atoms with Gasteiger partial charge in [0.15, 0.2) is 5.79 Å². The normalized spacial score (nSPS) is 11.7. The van der Waals surface area contributed by atoms with Gasteiger partial charge < -0.3 is 5.11 Å². The average molecular weight is 237 g/mol. The number of nitrogens with one attached hydrogen (secondary N) is 3. The smallest absolute Gasteiger partial charge is 0.154 e. The molecule has 0 atom stereocenters. The van der Waals surface area contributed by atoms with Gasteiger partial charge in [0.1, 0.15) is 5.75 Å². The number of hydrogen-bond donors (Lipinski definition) is 4. The summed E-state index contributed by atoms with van der Waals surface area (Å²) in [5, 5.41) is 20.1. The summed E-state index contributed by atoms with van der Waals surface area (Å²) < 4.78 is 0. The quantitative estimate of drug-likeness (QED) is 0.540. The fourth-order valence-corrected chi connectivity index (χ4v) is 2.06. The zero-order chi connectivity index (χ0) is 12.7. The molecule has 4 nitrogen and oxygen atoms in total. The predicted molar refractivity (Wildman–Crippen MR) is 70.8 cm³/mol. The molecule has 0 unspecified atom stereocenters. The van der Waals surface area contributed by atoms with E-state index in [4.69, 9.17) is 0 Å². The standard InChI is InChI=1S/C13H23N3O/c1-4-14-13(15-5-2,16-6-3)11-9-7-8-10-12(11)17/h7-10,14-17H,4-6H2,1-3H3. The van der Waals surface area contributed by atoms with Crippen molar-refractivity contribution in [3.63, 3.8) is 0 Å². The molecule has 0 aliphatic rings. The van der Waals surface area contributed by atoms with E-state index in [9.17, 15) is 5.11 Å². The van der Waals surface area contributed by atoms with Gasteiger partial charge in [-0.15, -0.1) is 0 Å². The Morgan fingerprint density at radius 1 is 0.941 bits per heavy atom. The molecule has 0 bridgehead atoms. The summed E-state index contributed by atoms with van der Waals surface area (Å²) in [5.41, 5.74) is 0.825. The van der Waals surface area contributed by atoms with Crippen LogP contribution in [-0.2, 0) is 5.79 Å². The summed E-state index contributed by atoms with van der Waals surface area (Å²) in [6, 6.07) is 7.38. The van der Waals surface area contributed by atoms with E-state index in [0.717, 1.165) is 25.2 Å². The molecule has 0 saturated carbocycles. The van der Waals surface area contributed by atoms with Crippen LogP contribution in [0.1, 0.15) is 26.3 Å². The van der Waals surface area contributed by atoms with E-state index in [2.05, 4.69) is 16.0 Å². The maximum atomic E-state index is 10.0. The molecule has 1 aromatic rings. The highest BCUT2D eigenvalue weighted by molar-refractivity contribution is 5.37. The molecule has 0 aromatic heterocycles. The molecule has 0 fully saturated rings. The van der Waals surface area contributed by atoms with Crippen molar-refractivity contribution in [2.24, 2.45) is 0 Å². The highest BCUT2D eigenvalue weighted by Gasteiger charge is 2.31. The fourth-order valence-electron chi connectivity index (χ4n) is 2.06. The number of aromatic hydroxyl groups is 1. The zero-order valence-corrected chi connectivity index (χ0v) is 10.9. The maximum absolute atomic E-state index is 10.0. The second-order valence-electron chi connectivity index (χ2n) is 3.86. The van der Waals surface area contributed by atoms with E-state index in [0.29, 0.717) is 0 Å². The van der Waals surface area contributed by atoms with Crippen LogP contribution in [0, 0.1) is 0 Å². The number of hydrogen-bond acceptors (Lipinski definition) is 4. The highest BCUT2D eigenvalue weighted by Crippen LogP contribution is 2.25. The summed E-state index contributed by atoms with van der Waals surface area (Å²) >= 11 is 0. The molecule has 0 aliphatic heterocycles. The molecule has 4 heteroatoms. The van der Waals surface area contributed by atoms with Crippen molar-refractivity contribution in [2.45, 2.75) is 26.6 Å². The largest absolute Gasteiger partial charge is 0.507 e. The number of benzene rings is 1. The van der Waals surface area contributed by atoms with Gasteiger partial charge in [-0.25, -0.2) is 0 Å². The van der Waals surface area contributed by atoms with Crippen molar-refractivity contribution in [2.75, 3.05) is 19.6 Å². The number of para-hydroxylation sites is 1. The number of phenols is 1. The lowest BCUT2D eigenvalue weighted by molar-refractivity contribution is 0.204. The van der Waals surface area contributed by atoms with Crippen molar-refractivity contribution in [1.29, 1.82) is 0 Å². The van der Waals surface area contributed by atoms with Gasteiger partial charge >= 0.3 is 0 Å². The predicted octanol–water partition coefficient (Wildman–Crippen LogP) is 1.33. The zero-order valence-electron chi connectivity index (χ0n) is 10.9. The van der Waals surface area contributed by atoms with Gasteiger partial charge in [0.2, 0.25) is 0 Å². The van der Waals surface area contributed by atoms with Crippen LogP contribution in [0.2, 0.25) is 0 Å². The molecule has 0 spiro atoms. The number of rotatable bonds is 7. The molecule has 1 aromatic carbocycles. The van der Waals surface area contributed by atoms with Crippen molar-refractivity contribution in [1.82, 2.24) is 16.0 Å². The highest BCUT2D eigenvalue weighted by atomic mass is 16.3. The van der Waals surface area contributed by atoms with Gasteiger partial charge in [-0.2, -0.15) is 0 Å². The summed E-state index contributed by atoms with van der Waals surface area (Å²) in [5.74, 6) is -0.279. The van der Waals surface area contributed by atoms with Crippen LogP contribution in [-0.4, -0.2) is 24.7 Å². The molecule has 17 heavy (non-hydrogen) atoms. The molecule has 4 N–H and O–H groups in total. The lowest BCUT2D eigenvalue weighted by Gasteiger charge is -2.37. The molecular weight excluding hydrogens is 214 g/mol. The van der Waals surface area contributed by atoms with Crippen molar-refractivity contribution in [3.8, 4) is 5.75 Å². The molecule has 0 aliphatic carbocycles. The van der Waals surface area contributed by atoms with E-state index < -0.39 is 5.79 Å². The van der Waals surface area contributed by atoms with Gasteiger partial charge in [-0.05, 0) is 25.7 Å². The van der Waals surface area contributed by atoms with Crippen LogP contribution in [0.25, 0.3) is 0 Å². The van der Waals surface area contributed by atoms with Gasteiger partial charge in [-0.3, -0.25) is 16.0 Å². The van der Waals surface area contributed by atoms with Crippen molar-refractivity contribution < 1.29 is 5.11 Å². The summed E-state index contributed by atoms with van der Waals surface area (Å²) in [7, 11) is 0. The Hall–Kier alpha value is -1.10. The topological polar surface area (TPSA) is 56.3 Å². The van der Waals surface area contributed by atoms with Crippen LogP contribution in [0.3, 0.4) is 0 Å². The lowest BCUT2D eigenvalue weighted by atomic mass is 10.1. The van der Waals surface area contributed by atoms with Crippen molar-refractivity contribution >= 4 is 0 Å². The second kappa shape index (κ2) is 6.59. The van der Waals surface area contributed by atoms with E-state index in [1.165, 1.54) is 0 Å². The summed E-state index contributed by atoms with van der Waals surface area (Å²) in [6.45, 7) is 8.53. The first-order valence-corrected chi connectivity index (χ1v) is 6.23. The summed E-state index contributed by atoms with van der Waals surface area (Å²) in [6.07, 6.45) is 0. The van der Waals surface area contributed by atoms with Crippen molar-refractivity contribution in [3.05, 3.63) is 29.8 Å². The minimum atomic E-state index is -0.566. The van der Waals surface area contributed by atoms with E-state index in [1.807, 2.05) is 39.0 Å². The molecule has 0 heterocycles. The van der Waals surface area contributed by atoms with Gasteiger partial charge in [0, 0.05) is 5.56 Å². The molecular formula is C13H23N3O. The third-order valence-electron chi connectivity index (χ3n) is 2.63. The molecule has 96 valence electrons. The van der Waals surface area contributed by atoms with E-state index >= 15 is 0 Å². The van der Waals surface area contributed by atoms with Gasteiger partial charge in [-0.1, -0.05) is 39.0 Å². The lowest BCUT2D eigenvalue weighted by Crippen LogP contribution is -2.63. The third kappa shape index (κ3) is 3.19. The number of phenolic OH excluding ortho intramolecular Hbond substituents is 1. The fraction of sp³-hybridized carbons (Fsp3) is 0.538. The molecule has 0 amide bonds. The van der Waals surface area contributed by atoms with E-state index in [1.54, 1.807) is 6.07 Å². The van der Waals surface area contributed by atoms with Crippen LogP contribution in [0.5, 0.6) is 5.75 Å². The Bertz CT molecular complexity index is 324. The SMILES string of the molecule is CCNC(NCC)(NCC)c1ccccc1O. The third-order valence-corrected chi connectivity index (χ3v) is 2.63. The Balaban J connectivity index is 3.14. The molecule has 0 saturated heterocycles. The summed E-state index contributed by atoms with van der Waals surface area (Å²) in [4.78, 5) is 0. The maximum Gasteiger partial charge on any atom is 0.154 e. The molecule has 1 rings (SSSR count). The second-order valence-corrected chi connectivity index (χ2v) is 3.86. The Kier molecular flexibility index (Phi) is 5.41. The van der Waals surface area contributed by atoms with Crippen LogP contribution < -0.4 is 16.0 Å². The van der Waals surface area contributed by atoms with Crippen LogP contribution >= 0.6 is 0 Å². The monoisotopic (exact) mass is 237 g/mol. The van der Waals surface area contributed by atoms with Crippen LogP contribution in [0.4, 0.5) is 0 Å². The molecule has 0 radical (unpaired) electrons. The Morgan fingerprint density at radius 3 is 1.82 bits per heavy atom. The first-order valence-electron chi connectivity index (χ1n) is 6.23. The Labute approximate surface area is 103 Å². The minimum absolute atomic E-state index is 0.287. The minimum Gasteiger partial charge on any atom is -0.507 e. The average Bonchev–Trinajstić information content (AvgIpc) is 2.30. The van der Waals surface area contributed by atoms with Gasteiger partial charge in [0.25, 0.3) is 0 Å². The van der Waals surface area contributed by atoms with Gasteiger partial charge in [0.05, 0.1) is 0 Å².